The summed E-state index contributed by atoms with van der Waals surface area (Å²) >= 11 is 0. The van der Waals surface area contributed by atoms with Crippen molar-refractivity contribution in [1.82, 2.24) is 20.2 Å². The Morgan fingerprint density at radius 3 is 2.82 bits per heavy atom. The molecular weight excluding hydrogens is 283 g/mol. The second-order valence-corrected chi connectivity index (χ2v) is 5.90. The topological polar surface area (TPSA) is 66.8 Å². The summed E-state index contributed by atoms with van der Waals surface area (Å²) in [6, 6.07) is 2.18. The summed E-state index contributed by atoms with van der Waals surface area (Å²) < 4.78 is 12.7. The van der Waals surface area contributed by atoms with Crippen molar-refractivity contribution in [3.8, 4) is 0 Å². The molecule has 0 saturated carbocycles. The predicted octanol–water partition coefficient (Wildman–Crippen LogP) is 1.44. The van der Waals surface area contributed by atoms with Gasteiger partial charge >= 0.3 is 0 Å². The second-order valence-electron chi connectivity index (χ2n) is 5.90. The van der Waals surface area contributed by atoms with E-state index in [1.165, 1.54) is 24.4 Å². The molecule has 114 valence electrons. The Kier molecular flexibility index (Phi) is 3.32. The van der Waals surface area contributed by atoms with E-state index in [2.05, 4.69) is 36.4 Å². The van der Waals surface area contributed by atoms with Crippen LogP contribution < -0.4 is 10.2 Å². The van der Waals surface area contributed by atoms with Crippen LogP contribution in [0.2, 0.25) is 0 Å². The molecule has 1 fully saturated rings. The highest BCUT2D eigenvalue weighted by Crippen LogP contribution is 2.27. The number of aromatic nitrogens is 4. The first-order valence-corrected chi connectivity index (χ1v) is 7.60. The van der Waals surface area contributed by atoms with Crippen LogP contribution in [0.1, 0.15) is 17.7 Å². The molecule has 4 rings (SSSR count). The number of rotatable bonds is 4. The summed E-state index contributed by atoms with van der Waals surface area (Å²) in [6.07, 6.45) is 5.72. The van der Waals surface area contributed by atoms with E-state index in [-0.39, 0.29) is 0 Å². The normalized spacial score (nSPS) is 17.2. The SMILES string of the molecule is Fc1cnc(NCC2CN(c3cc4c(nn3)CCC4)C2)nc1. The molecule has 1 aliphatic heterocycles. The Hall–Kier alpha value is -2.31. The summed E-state index contributed by atoms with van der Waals surface area (Å²) in [5.41, 5.74) is 2.52. The fourth-order valence-electron chi connectivity index (χ4n) is 3.00. The summed E-state index contributed by atoms with van der Waals surface area (Å²) in [7, 11) is 0. The van der Waals surface area contributed by atoms with Gasteiger partial charge in [0.25, 0.3) is 0 Å². The molecule has 0 radical (unpaired) electrons. The van der Waals surface area contributed by atoms with E-state index in [9.17, 15) is 4.39 Å². The lowest BCUT2D eigenvalue weighted by Crippen LogP contribution is -2.50. The van der Waals surface area contributed by atoms with Crippen LogP contribution in [0.4, 0.5) is 16.2 Å². The molecule has 2 aromatic rings. The van der Waals surface area contributed by atoms with Crippen LogP contribution in [-0.2, 0) is 12.8 Å². The van der Waals surface area contributed by atoms with Crippen molar-refractivity contribution < 1.29 is 4.39 Å². The number of nitrogens with zero attached hydrogens (tertiary/aromatic N) is 5. The van der Waals surface area contributed by atoms with Crippen LogP contribution in [0.15, 0.2) is 18.5 Å². The minimum atomic E-state index is -0.421. The number of halogens is 1. The van der Waals surface area contributed by atoms with E-state index in [4.69, 9.17) is 0 Å². The third-order valence-corrected chi connectivity index (χ3v) is 4.26. The highest BCUT2D eigenvalue weighted by molar-refractivity contribution is 5.45. The van der Waals surface area contributed by atoms with Gasteiger partial charge in [-0.2, -0.15) is 5.10 Å². The van der Waals surface area contributed by atoms with Crippen molar-refractivity contribution in [1.29, 1.82) is 0 Å². The smallest absolute Gasteiger partial charge is 0.222 e. The van der Waals surface area contributed by atoms with Crippen LogP contribution in [0, 0.1) is 11.7 Å². The van der Waals surface area contributed by atoms with Crippen molar-refractivity contribution in [3.63, 3.8) is 0 Å². The zero-order valence-corrected chi connectivity index (χ0v) is 12.2. The molecule has 1 saturated heterocycles. The zero-order chi connectivity index (χ0) is 14.9. The lowest BCUT2D eigenvalue weighted by atomic mass is 10.00. The minimum Gasteiger partial charge on any atom is -0.354 e. The molecule has 0 bridgehead atoms. The molecule has 0 atom stereocenters. The Balaban J connectivity index is 1.30. The molecule has 6 nitrogen and oxygen atoms in total. The lowest BCUT2D eigenvalue weighted by molar-refractivity contribution is 0.424. The van der Waals surface area contributed by atoms with Gasteiger partial charge in [0.05, 0.1) is 18.1 Å². The van der Waals surface area contributed by atoms with E-state index in [0.717, 1.165) is 44.0 Å². The van der Waals surface area contributed by atoms with Gasteiger partial charge in [0.1, 0.15) is 0 Å². The first kappa shape index (κ1) is 13.4. The summed E-state index contributed by atoms with van der Waals surface area (Å²) in [5, 5.41) is 11.8. The molecule has 2 aliphatic rings. The molecule has 0 unspecified atom stereocenters. The third-order valence-electron chi connectivity index (χ3n) is 4.26. The summed E-state index contributed by atoms with van der Waals surface area (Å²) in [4.78, 5) is 10.0. The number of fused-ring (bicyclic) bond motifs is 1. The maximum absolute atomic E-state index is 12.7. The number of hydrogen-bond donors (Lipinski definition) is 1. The third kappa shape index (κ3) is 2.58. The molecule has 2 aromatic heterocycles. The fourth-order valence-corrected chi connectivity index (χ4v) is 3.00. The van der Waals surface area contributed by atoms with Crippen LogP contribution in [0.3, 0.4) is 0 Å². The number of anilines is 2. The number of hydrogen-bond acceptors (Lipinski definition) is 6. The van der Waals surface area contributed by atoms with Crippen LogP contribution >= 0.6 is 0 Å². The van der Waals surface area contributed by atoms with E-state index in [1.807, 2.05) is 0 Å². The fraction of sp³-hybridized carbons (Fsp3) is 0.467. The van der Waals surface area contributed by atoms with E-state index in [0.29, 0.717) is 11.9 Å². The maximum atomic E-state index is 12.7. The van der Waals surface area contributed by atoms with Gasteiger partial charge < -0.3 is 10.2 Å². The van der Waals surface area contributed by atoms with E-state index >= 15 is 0 Å². The van der Waals surface area contributed by atoms with Gasteiger partial charge in [-0.25, -0.2) is 14.4 Å². The molecule has 1 N–H and O–H groups in total. The average molecular weight is 300 g/mol. The van der Waals surface area contributed by atoms with Crippen LogP contribution in [-0.4, -0.2) is 39.8 Å². The van der Waals surface area contributed by atoms with Crippen molar-refractivity contribution in [2.45, 2.75) is 19.3 Å². The quantitative estimate of drug-likeness (QED) is 0.921. The van der Waals surface area contributed by atoms with Crippen molar-refractivity contribution >= 4 is 11.8 Å². The van der Waals surface area contributed by atoms with Crippen molar-refractivity contribution in [2.75, 3.05) is 29.9 Å². The molecule has 7 heteroatoms. The highest BCUT2D eigenvalue weighted by Gasteiger charge is 2.28. The van der Waals surface area contributed by atoms with Gasteiger partial charge in [0.15, 0.2) is 11.6 Å². The van der Waals surface area contributed by atoms with E-state index in [1.54, 1.807) is 0 Å². The van der Waals surface area contributed by atoms with Gasteiger partial charge in [-0.15, -0.1) is 5.10 Å². The average Bonchev–Trinajstić information content (AvgIpc) is 2.95. The standard InChI is InChI=1S/C15H17FN6/c16-12-6-18-15(19-7-12)17-5-10-8-22(9-10)14-4-11-2-1-3-13(11)20-21-14/h4,6-7,10H,1-3,5,8-9H2,(H,17,18,19). The number of nitrogens with one attached hydrogen (secondary N) is 1. The molecule has 0 aromatic carbocycles. The summed E-state index contributed by atoms with van der Waals surface area (Å²) in [6.45, 7) is 2.67. The Labute approximate surface area is 127 Å². The minimum absolute atomic E-state index is 0.421. The molecule has 22 heavy (non-hydrogen) atoms. The first-order valence-electron chi connectivity index (χ1n) is 7.60. The first-order chi connectivity index (χ1) is 10.8. The molecule has 0 spiro atoms. The highest BCUT2D eigenvalue weighted by atomic mass is 19.1. The van der Waals surface area contributed by atoms with E-state index < -0.39 is 5.82 Å². The second kappa shape index (κ2) is 5.47. The van der Waals surface area contributed by atoms with Gasteiger partial charge in [0, 0.05) is 25.6 Å². The maximum Gasteiger partial charge on any atom is 0.222 e. The van der Waals surface area contributed by atoms with Crippen LogP contribution in [0.5, 0.6) is 0 Å². The molecule has 0 amide bonds. The lowest BCUT2D eigenvalue weighted by Gasteiger charge is -2.40. The van der Waals surface area contributed by atoms with Gasteiger partial charge in [0.2, 0.25) is 5.95 Å². The molecular formula is C15H17FN6. The Morgan fingerprint density at radius 2 is 2.00 bits per heavy atom. The van der Waals surface area contributed by atoms with Crippen molar-refractivity contribution in [3.05, 3.63) is 35.5 Å². The molecule has 1 aliphatic carbocycles. The van der Waals surface area contributed by atoms with Gasteiger partial charge in [-0.1, -0.05) is 0 Å². The van der Waals surface area contributed by atoms with Crippen LogP contribution in [0.25, 0.3) is 0 Å². The largest absolute Gasteiger partial charge is 0.354 e. The predicted molar refractivity (Wildman–Crippen MR) is 80.2 cm³/mol. The van der Waals surface area contributed by atoms with Gasteiger partial charge in [-0.3, -0.25) is 0 Å². The van der Waals surface area contributed by atoms with Gasteiger partial charge in [-0.05, 0) is 30.9 Å². The Bertz CT molecular complexity index is 668. The Morgan fingerprint density at radius 1 is 1.18 bits per heavy atom. The zero-order valence-electron chi connectivity index (χ0n) is 12.2. The summed E-state index contributed by atoms with van der Waals surface area (Å²) in [5.74, 6) is 1.55. The number of aryl methyl sites for hydroxylation is 2. The molecule has 3 heterocycles. The monoisotopic (exact) mass is 300 g/mol. The van der Waals surface area contributed by atoms with Crippen molar-refractivity contribution in [2.24, 2.45) is 5.92 Å².